The smallest absolute Gasteiger partial charge is 0.155 e. The number of Topliss-reactive ketones (excluding diaryl/α,β-unsaturated/α-hetero) is 2. The molecule has 0 aliphatic heterocycles. The van der Waals surface area contributed by atoms with Gasteiger partial charge in [-0.15, -0.1) is 0 Å². The molecule has 2 atom stereocenters. The molecular formula is C48H46N4O2. The van der Waals surface area contributed by atoms with Crippen LogP contribution in [0.4, 0.5) is 0 Å². The average Bonchev–Trinajstić information content (AvgIpc) is 4.00. The van der Waals surface area contributed by atoms with E-state index in [0.717, 1.165) is 163 Å². The molecule has 6 aliphatic carbocycles. The van der Waals surface area contributed by atoms with Crippen molar-refractivity contribution in [2.45, 2.75) is 137 Å². The molecule has 6 aliphatic rings. The predicted molar refractivity (Wildman–Crippen MR) is 212 cm³/mol. The van der Waals surface area contributed by atoms with E-state index in [1.165, 1.54) is 17.5 Å². The first-order valence-corrected chi connectivity index (χ1v) is 21.0. The van der Waals surface area contributed by atoms with E-state index in [9.17, 15) is 4.79 Å². The molecule has 0 radical (unpaired) electrons. The highest BCUT2D eigenvalue weighted by Gasteiger charge is 2.63. The van der Waals surface area contributed by atoms with Crippen molar-refractivity contribution in [2.24, 2.45) is 0 Å². The first-order chi connectivity index (χ1) is 26.5. The molecule has 2 aromatic carbocycles. The van der Waals surface area contributed by atoms with Crippen molar-refractivity contribution in [3.63, 3.8) is 0 Å². The average molecular weight is 711 g/mol. The van der Waals surface area contributed by atoms with E-state index in [-0.39, 0.29) is 11.3 Å². The van der Waals surface area contributed by atoms with Gasteiger partial charge in [0.25, 0.3) is 0 Å². The van der Waals surface area contributed by atoms with Gasteiger partial charge in [0.15, 0.2) is 11.6 Å². The Labute approximate surface area is 315 Å². The molecule has 12 rings (SSSR count). The van der Waals surface area contributed by atoms with E-state index < -0.39 is 16.2 Å². The summed E-state index contributed by atoms with van der Waals surface area (Å²) in [5.41, 5.74) is 7.77. The van der Waals surface area contributed by atoms with Crippen LogP contribution in [0, 0.1) is 0 Å². The fourth-order valence-corrected chi connectivity index (χ4v) is 13.2. The Bertz CT molecular complexity index is 2630. The summed E-state index contributed by atoms with van der Waals surface area (Å²) in [5, 5.41) is 4.36. The zero-order valence-electron chi connectivity index (χ0n) is 31.1. The van der Waals surface area contributed by atoms with E-state index in [1.807, 2.05) is 12.3 Å². The Balaban J connectivity index is 0.967. The van der Waals surface area contributed by atoms with Crippen LogP contribution in [-0.4, -0.2) is 31.5 Å². The lowest BCUT2D eigenvalue weighted by atomic mass is 9.61. The van der Waals surface area contributed by atoms with Crippen molar-refractivity contribution in [3.05, 3.63) is 95.1 Å². The number of hydrogen-bond acceptors (Lipinski definition) is 6. The van der Waals surface area contributed by atoms with Crippen LogP contribution in [-0.2, 0) is 31.2 Å². The number of hydrogen-bond donors (Lipinski definition) is 0. The van der Waals surface area contributed by atoms with Crippen molar-refractivity contribution in [1.82, 2.24) is 19.9 Å². The van der Waals surface area contributed by atoms with E-state index in [2.05, 4.69) is 59.6 Å². The van der Waals surface area contributed by atoms with Gasteiger partial charge in [0.2, 0.25) is 0 Å². The standard InChI is InChI=1S/C48H46N4O2/c53-43-45(18-4-5-19-45)34-26-30-13-16-38-33(40(30)52-41(34)46(43)22-6-7-23-46)14-17-36(50-38)31-10-8-24-48(28-31)35-27-29-12-15-37-32(11-9-25-49-37)39(29)51-42(35)47(44(48)54)20-2-1-3-21-47/h9,11-17,25-27,31H,1-8,10,18-24,28H2. The Hall–Kier alpha value is -4.58. The second-order valence-corrected chi connectivity index (χ2v) is 18.2. The lowest BCUT2D eigenvalue weighted by Crippen LogP contribution is -2.45. The molecule has 6 heteroatoms. The zero-order chi connectivity index (χ0) is 35.9. The molecule has 4 fully saturated rings. The van der Waals surface area contributed by atoms with Gasteiger partial charge in [-0.2, -0.15) is 0 Å². The highest BCUT2D eigenvalue weighted by Crippen LogP contribution is 2.61. The number of pyridine rings is 4. The molecule has 54 heavy (non-hydrogen) atoms. The number of nitrogens with zero attached hydrogens (tertiary/aromatic N) is 4. The number of carbonyl (C=O) groups is 2. The Morgan fingerprint density at radius 1 is 0.519 bits per heavy atom. The van der Waals surface area contributed by atoms with Crippen molar-refractivity contribution in [2.75, 3.05) is 0 Å². The van der Waals surface area contributed by atoms with Gasteiger partial charge in [0.05, 0.1) is 55.1 Å². The predicted octanol–water partition coefficient (Wildman–Crippen LogP) is 10.5. The van der Waals surface area contributed by atoms with Gasteiger partial charge < -0.3 is 0 Å². The maximum Gasteiger partial charge on any atom is 0.155 e. The van der Waals surface area contributed by atoms with Gasteiger partial charge in [0.1, 0.15) is 0 Å². The number of aromatic nitrogens is 4. The molecular weight excluding hydrogens is 665 g/mol. The molecule has 4 spiro atoms. The largest absolute Gasteiger partial charge is 0.298 e. The van der Waals surface area contributed by atoms with E-state index in [0.29, 0.717) is 11.6 Å². The summed E-state index contributed by atoms with van der Waals surface area (Å²) < 4.78 is 0. The maximum atomic E-state index is 15.3. The Kier molecular flexibility index (Phi) is 6.47. The number of carbonyl (C=O) groups excluding carboxylic acids is 2. The summed E-state index contributed by atoms with van der Waals surface area (Å²) in [6.45, 7) is 0. The molecule has 2 unspecified atom stereocenters. The molecule has 6 nitrogen and oxygen atoms in total. The number of rotatable bonds is 1. The number of fused-ring (bicyclic) bond motifs is 12. The van der Waals surface area contributed by atoms with E-state index in [4.69, 9.17) is 15.0 Å². The van der Waals surface area contributed by atoms with Gasteiger partial charge in [-0.05, 0) is 117 Å². The van der Waals surface area contributed by atoms with E-state index in [1.54, 1.807) is 0 Å². The summed E-state index contributed by atoms with van der Waals surface area (Å²) in [4.78, 5) is 50.7. The molecule has 0 saturated heterocycles. The monoisotopic (exact) mass is 710 g/mol. The number of ketones is 2. The summed E-state index contributed by atoms with van der Waals surface area (Å²) >= 11 is 0. The molecule has 0 amide bonds. The van der Waals surface area contributed by atoms with E-state index >= 15 is 4.79 Å². The van der Waals surface area contributed by atoms with Crippen LogP contribution in [0.5, 0.6) is 0 Å². The lowest BCUT2D eigenvalue weighted by molar-refractivity contribution is -0.131. The molecule has 4 heterocycles. The van der Waals surface area contributed by atoms with Crippen LogP contribution in [0.25, 0.3) is 43.6 Å². The third-order valence-corrected chi connectivity index (χ3v) is 15.7. The van der Waals surface area contributed by atoms with Crippen LogP contribution in [0.15, 0.2) is 66.9 Å². The van der Waals surface area contributed by atoms with Crippen molar-refractivity contribution >= 4 is 55.2 Å². The fourth-order valence-electron chi connectivity index (χ4n) is 13.2. The minimum atomic E-state index is -0.541. The summed E-state index contributed by atoms with van der Waals surface area (Å²) in [7, 11) is 0. The van der Waals surface area contributed by atoms with Crippen molar-refractivity contribution < 1.29 is 9.59 Å². The van der Waals surface area contributed by atoms with Crippen LogP contribution in [0.1, 0.15) is 143 Å². The van der Waals surface area contributed by atoms with Gasteiger partial charge >= 0.3 is 0 Å². The first kappa shape index (κ1) is 31.7. The summed E-state index contributed by atoms with van der Waals surface area (Å²) in [6.07, 6.45) is 19.0. The third-order valence-electron chi connectivity index (χ3n) is 15.7. The highest BCUT2D eigenvalue weighted by molar-refractivity contribution is 6.10. The zero-order valence-corrected chi connectivity index (χ0v) is 31.1. The molecule has 6 aromatic rings. The minimum Gasteiger partial charge on any atom is -0.298 e. The summed E-state index contributed by atoms with van der Waals surface area (Å²) in [5.74, 6) is 1.09. The van der Waals surface area contributed by atoms with Gasteiger partial charge in [-0.3, -0.25) is 29.5 Å². The van der Waals surface area contributed by atoms with Gasteiger partial charge in [-0.1, -0.05) is 63.5 Å². The molecule has 0 bridgehead atoms. The molecule has 0 N–H and O–H groups in total. The minimum absolute atomic E-state index is 0.181. The quantitative estimate of drug-likeness (QED) is 0.158. The number of benzene rings is 2. The lowest BCUT2D eigenvalue weighted by Gasteiger charge is -2.40. The Morgan fingerprint density at radius 3 is 1.76 bits per heavy atom. The molecule has 4 aromatic heterocycles. The second-order valence-electron chi connectivity index (χ2n) is 18.2. The normalized spacial score (nSPS) is 26.4. The van der Waals surface area contributed by atoms with Crippen molar-refractivity contribution in [1.29, 1.82) is 0 Å². The third kappa shape index (κ3) is 3.92. The SMILES string of the molecule is O=C1C2(CCCC(c3ccc4c(ccc5cc6c(nc54)C4(CCCC4)C(=O)C64CCCC4)n3)C2)c2cc3ccc4ncccc4c3nc2C12CCCCC2. The molecule has 4 saturated carbocycles. The maximum absolute atomic E-state index is 15.3. The summed E-state index contributed by atoms with van der Waals surface area (Å²) in [6, 6.07) is 21.9. The molecule has 270 valence electrons. The van der Waals surface area contributed by atoms with Crippen LogP contribution in [0.3, 0.4) is 0 Å². The highest BCUT2D eigenvalue weighted by atomic mass is 16.1. The van der Waals surface area contributed by atoms with Gasteiger partial charge in [-0.25, -0.2) is 0 Å². The van der Waals surface area contributed by atoms with Crippen LogP contribution < -0.4 is 0 Å². The van der Waals surface area contributed by atoms with Crippen LogP contribution in [0.2, 0.25) is 0 Å². The van der Waals surface area contributed by atoms with Crippen LogP contribution >= 0.6 is 0 Å². The topological polar surface area (TPSA) is 85.7 Å². The van der Waals surface area contributed by atoms with Crippen molar-refractivity contribution in [3.8, 4) is 0 Å². The Morgan fingerprint density at radius 2 is 1.07 bits per heavy atom. The first-order valence-electron chi connectivity index (χ1n) is 21.0. The van der Waals surface area contributed by atoms with Gasteiger partial charge in [0, 0.05) is 39.4 Å². The fraction of sp³-hybridized carbons (Fsp3) is 0.458. The second kappa shape index (κ2) is 11.0.